The van der Waals surface area contributed by atoms with E-state index in [1.54, 1.807) is 29.2 Å². The Morgan fingerprint density at radius 3 is 2.76 bits per heavy atom. The molecule has 1 fully saturated rings. The van der Waals surface area contributed by atoms with E-state index in [4.69, 9.17) is 11.6 Å². The second-order valence-electron chi connectivity index (χ2n) is 5.92. The summed E-state index contributed by atoms with van der Waals surface area (Å²) in [5, 5.41) is 0. The first-order chi connectivity index (χ1) is 12.0. The number of nitrogens with zero attached hydrogens (tertiary/aromatic N) is 2. The molecule has 1 atom stereocenters. The van der Waals surface area contributed by atoms with Gasteiger partial charge in [-0.15, -0.1) is 11.3 Å². The first-order valence-corrected chi connectivity index (χ1v) is 9.27. The fraction of sp³-hybridized carbons (Fsp3) is 0.333. The number of carbonyl (C=O) groups is 2. The Morgan fingerprint density at radius 1 is 1.36 bits per heavy atom. The summed E-state index contributed by atoms with van der Waals surface area (Å²) in [5.41, 5.74) is 0.232. The SMILES string of the molecule is CCN(Cc1ccc(Cl)s1)C(=O)[C@H]1CC(=O)N(c2ccccc2F)C1. The van der Waals surface area contributed by atoms with Crippen molar-refractivity contribution in [2.24, 2.45) is 5.92 Å². The van der Waals surface area contributed by atoms with Crippen molar-refractivity contribution >= 4 is 40.4 Å². The van der Waals surface area contributed by atoms with Gasteiger partial charge in [0.2, 0.25) is 11.8 Å². The van der Waals surface area contributed by atoms with E-state index >= 15 is 0 Å². The van der Waals surface area contributed by atoms with Crippen molar-refractivity contribution in [3.8, 4) is 0 Å². The number of rotatable bonds is 5. The molecule has 1 aliphatic heterocycles. The largest absolute Gasteiger partial charge is 0.338 e. The lowest BCUT2D eigenvalue weighted by atomic mass is 10.1. The molecule has 25 heavy (non-hydrogen) atoms. The number of para-hydroxylation sites is 1. The van der Waals surface area contributed by atoms with E-state index in [1.165, 1.54) is 22.3 Å². The van der Waals surface area contributed by atoms with Crippen LogP contribution in [0.25, 0.3) is 0 Å². The first kappa shape index (κ1) is 17.9. The monoisotopic (exact) mass is 380 g/mol. The molecule has 2 amide bonds. The van der Waals surface area contributed by atoms with Gasteiger partial charge < -0.3 is 9.80 Å². The van der Waals surface area contributed by atoms with Crippen molar-refractivity contribution in [2.75, 3.05) is 18.0 Å². The highest BCUT2D eigenvalue weighted by molar-refractivity contribution is 7.16. The lowest BCUT2D eigenvalue weighted by Crippen LogP contribution is -2.36. The lowest BCUT2D eigenvalue weighted by molar-refractivity contribution is -0.136. The fourth-order valence-corrected chi connectivity index (χ4v) is 4.11. The Labute approximate surface area is 154 Å². The van der Waals surface area contributed by atoms with E-state index in [-0.39, 0.29) is 30.5 Å². The first-order valence-electron chi connectivity index (χ1n) is 8.07. The van der Waals surface area contributed by atoms with Gasteiger partial charge in [-0.05, 0) is 31.2 Å². The molecule has 0 saturated carbocycles. The number of carbonyl (C=O) groups excluding carboxylic acids is 2. The minimum absolute atomic E-state index is 0.0841. The Hall–Kier alpha value is -1.92. The highest BCUT2D eigenvalue weighted by atomic mass is 35.5. The molecule has 2 aromatic rings. The number of thiophene rings is 1. The number of hydrogen-bond donors (Lipinski definition) is 0. The van der Waals surface area contributed by atoms with Crippen molar-refractivity contribution in [1.82, 2.24) is 4.90 Å². The molecule has 4 nitrogen and oxygen atoms in total. The molecule has 0 N–H and O–H groups in total. The van der Waals surface area contributed by atoms with Crippen molar-refractivity contribution in [2.45, 2.75) is 19.9 Å². The van der Waals surface area contributed by atoms with E-state index in [2.05, 4.69) is 0 Å². The number of amides is 2. The minimum Gasteiger partial charge on any atom is -0.338 e. The van der Waals surface area contributed by atoms with Crippen LogP contribution >= 0.6 is 22.9 Å². The topological polar surface area (TPSA) is 40.6 Å². The normalized spacial score (nSPS) is 17.2. The summed E-state index contributed by atoms with van der Waals surface area (Å²) in [5.74, 6) is -1.22. The van der Waals surface area contributed by atoms with Crippen LogP contribution in [0.2, 0.25) is 4.34 Å². The Kier molecular flexibility index (Phi) is 5.39. The van der Waals surface area contributed by atoms with Crippen molar-refractivity contribution in [3.63, 3.8) is 0 Å². The third kappa shape index (κ3) is 3.85. The van der Waals surface area contributed by atoms with Crippen LogP contribution in [0, 0.1) is 11.7 Å². The molecule has 2 heterocycles. The van der Waals surface area contributed by atoms with Crippen LogP contribution < -0.4 is 4.90 Å². The van der Waals surface area contributed by atoms with Crippen molar-refractivity contribution < 1.29 is 14.0 Å². The zero-order chi connectivity index (χ0) is 18.0. The van der Waals surface area contributed by atoms with E-state index in [0.29, 0.717) is 17.4 Å². The van der Waals surface area contributed by atoms with E-state index in [1.807, 2.05) is 13.0 Å². The lowest BCUT2D eigenvalue weighted by Gasteiger charge is -2.24. The Bertz CT molecular complexity index is 795. The van der Waals surface area contributed by atoms with Gasteiger partial charge in [-0.3, -0.25) is 9.59 Å². The van der Waals surface area contributed by atoms with Gasteiger partial charge in [0.05, 0.1) is 22.5 Å². The number of benzene rings is 1. The van der Waals surface area contributed by atoms with Crippen LogP contribution in [-0.4, -0.2) is 29.8 Å². The third-order valence-electron chi connectivity index (χ3n) is 4.29. The number of anilines is 1. The van der Waals surface area contributed by atoms with Gasteiger partial charge in [0.25, 0.3) is 0 Å². The second-order valence-corrected chi connectivity index (χ2v) is 7.71. The van der Waals surface area contributed by atoms with E-state index in [9.17, 15) is 14.0 Å². The van der Waals surface area contributed by atoms with Gasteiger partial charge in [-0.2, -0.15) is 0 Å². The summed E-state index contributed by atoms with van der Waals surface area (Å²) < 4.78 is 14.6. The zero-order valence-corrected chi connectivity index (χ0v) is 15.3. The van der Waals surface area contributed by atoms with Crippen LogP contribution in [-0.2, 0) is 16.1 Å². The van der Waals surface area contributed by atoms with Crippen molar-refractivity contribution in [3.05, 3.63) is 51.4 Å². The highest BCUT2D eigenvalue weighted by Crippen LogP contribution is 2.29. The maximum atomic E-state index is 14.0. The van der Waals surface area contributed by atoms with Gasteiger partial charge in [-0.25, -0.2) is 4.39 Å². The molecule has 7 heteroatoms. The molecule has 0 unspecified atom stereocenters. The maximum absolute atomic E-state index is 14.0. The number of hydrogen-bond acceptors (Lipinski definition) is 3. The van der Waals surface area contributed by atoms with E-state index in [0.717, 1.165) is 4.88 Å². The van der Waals surface area contributed by atoms with Crippen LogP contribution in [0.15, 0.2) is 36.4 Å². The molecule has 1 aromatic carbocycles. The van der Waals surface area contributed by atoms with Gasteiger partial charge in [0.15, 0.2) is 0 Å². The molecule has 3 rings (SSSR count). The third-order valence-corrected chi connectivity index (χ3v) is 5.50. The molecule has 0 radical (unpaired) electrons. The van der Waals surface area contributed by atoms with Gasteiger partial charge >= 0.3 is 0 Å². The molecule has 1 aromatic heterocycles. The van der Waals surface area contributed by atoms with Crippen LogP contribution in [0.5, 0.6) is 0 Å². The van der Waals surface area contributed by atoms with Gasteiger partial charge in [-0.1, -0.05) is 23.7 Å². The molecule has 1 aliphatic rings. The summed E-state index contributed by atoms with van der Waals surface area (Å²) in [6, 6.07) is 9.84. The zero-order valence-electron chi connectivity index (χ0n) is 13.7. The van der Waals surface area contributed by atoms with Crippen molar-refractivity contribution in [1.29, 1.82) is 0 Å². The Balaban J connectivity index is 1.72. The van der Waals surface area contributed by atoms with Crippen LogP contribution in [0.1, 0.15) is 18.2 Å². The predicted octanol–water partition coefficient (Wildman–Crippen LogP) is 3.94. The predicted molar refractivity (Wildman–Crippen MR) is 97.3 cm³/mol. The molecule has 132 valence electrons. The highest BCUT2D eigenvalue weighted by Gasteiger charge is 2.37. The summed E-state index contributed by atoms with van der Waals surface area (Å²) in [6.07, 6.45) is 0.106. The van der Waals surface area contributed by atoms with Crippen LogP contribution in [0.3, 0.4) is 0 Å². The molecule has 0 bridgehead atoms. The molecule has 1 saturated heterocycles. The maximum Gasteiger partial charge on any atom is 0.228 e. The fourth-order valence-electron chi connectivity index (χ4n) is 3.01. The average Bonchev–Trinajstić information content (AvgIpc) is 3.18. The minimum atomic E-state index is -0.456. The van der Waals surface area contributed by atoms with Gasteiger partial charge in [0.1, 0.15) is 5.82 Å². The molecule has 0 aliphatic carbocycles. The molecular weight excluding hydrogens is 363 g/mol. The quantitative estimate of drug-likeness (QED) is 0.788. The summed E-state index contributed by atoms with van der Waals surface area (Å²) in [6.45, 7) is 3.12. The second kappa shape index (κ2) is 7.54. The smallest absolute Gasteiger partial charge is 0.228 e. The summed E-state index contributed by atoms with van der Waals surface area (Å²) in [4.78, 5) is 29.2. The molecule has 0 spiro atoms. The average molecular weight is 381 g/mol. The van der Waals surface area contributed by atoms with Gasteiger partial charge in [0, 0.05) is 24.4 Å². The van der Waals surface area contributed by atoms with Crippen LogP contribution in [0.4, 0.5) is 10.1 Å². The summed E-state index contributed by atoms with van der Waals surface area (Å²) in [7, 11) is 0. The van der Waals surface area contributed by atoms with E-state index < -0.39 is 11.7 Å². The Morgan fingerprint density at radius 2 is 2.12 bits per heavy atom. The number of halogens is 2. The molecular formula is C18H18ClFN2O2S. The standard InChI is InChI=1S/C18H18ClFN2O2S/c1-2-21(11-13-7-8-16(19)25-13)18(24)12-9-17(23)22(10-12)15-6-4-3-5-14(15)20/h3-8,12H,2,9-11H2,1H3/t12-/m0/s1. The summed E-state index contributed by atoms with van der Waals surface area (Å²) >= 11 is 7.38.